The van der Waals surface area contributed by atoms with E-state index in [1.807, 2.05) is 12.1 Å². The minimum atomic E-state index is 0.00615. The van der Waals surface area contributed by atoms with Crippen molar-refractivity contribution < 1.29 is 9.47 Å². The van der Waals surface area contributed by atoms with Crippen molar-refractivity contribution in [2.45, 2.75) is 6.61 Å². The zero-order chi connectivity index (χ0) is 14.5. The van der Waals surface area contributed by atoms with Crippen LogP contribution >= 0.6 is 11.6 Å². The Morgan fingerprint density at radius 3 is 2.60 bits per heavy atom. The fourth-order valence-corrected chi connectivity index (χ4v) is 1.97. The summed E-state index contributed by atoms with van der Waals surface area (Å²) in [6.45, 7) is 0.286. The maximum absolute atomic E-state index is 7.47. The minimum Gasteiger partial charge on any atom is -0.496 e. The summed E-state index contributed by atoms with van der Waals surface area (Å²) in [6, 6.07) is 12.5. The third-order valence-electron chi connectivity index (χ3n) is 2.81. The Hall–Kier alpha value is -2.20. The van der Waals surface area contributed by atoms with Crippen molar-refractivity contribution in [3.8, 4) is 11.5 Å². The number of halogens is 1. The Morgan fingerprint density at radius 2 is 1.95 bits per heavy atom. The first-order chi connectivity index (χ1) is 9.61. The first-order valence-corrected chi connectivity index (χ1v) is 6.38. The fraction of sp³-hybridized carbons (Fsp3) is 0.133. The van der Waals surface area contributed by atoms with Gasteiger partial charge in [-0.05, 0) is 30.3 Å². The van der Waals surface area contributed by atoms with Crippen LogP contribution in [-0.2, 0) is 6.61 Å². The maximum atomic E-state index is 7.47. The molecule has 20 heavy (non-hydrogen) atoms. The Kier molecular flexibility index (Phi) is 4.48. The Balaban J connectivity index is 2.22. The second-order valence-electron chi connectivity index (χ2n) is 4.16. The van der Waals surface area contributed by atoms with Gasteiger partial charge in [-0.25, -0.2) is 0 Å². The summed E-state index contributed by atoms with van der Waals surface area (Å²) in [7, 11) is 1.59. The molecule has 2 aromatic rings. The molecule has 0 bridgehead atoms. The molecule has 0 radical (unpaired) electrons. The van der Waals surface area contributed by atoms with Gasteiger partial charge in [0.15, 0.2) is 0 Å². The van der Waals surface area contributed by atoms with Crippen molar-refractivity contribution in [1.82, 2.24) is 0 Å². The molecular formula is C15H15ClN2O2. The summed E-state index contributed by atoms with van der Waals surface area (Å²) in [5.41, 5.74) is 6.92. The molecule has 0 heterocycles. The van der Waals surface area contributed by atoms with Gasteiger partial charge in [0, 0.05) is 11.1 Å². The highest BCUT2D eigenvalue weighted by molar-refractivity contribution is 6.32. The molecule has 2 aromatic carbocycles. The highest BCUT2D eigenvalue weighted by atomic mass is 35.5. The predicted octanol–water partition coefficient (Wildman–Crippen LogP) is 3.21. The smallest absolute Gasteiger partial charge is 0.138 e. The van der Waals surface area contributed by atoms with Gasteiger partial charge >= 0.3 is 0 Å². The van der Waals surface area contributed by atoms with Crippen LogP contribution in [0, 0.1) is 5.41 Å². The van der Waals surface area contributed by atoms with E-state index in [0.717, 1.165) is 5.56 Å². The van der Waals surface area contributed by atoms with Crippen LogP contribution in [0.5, 0.6) is 11.5 Å². The van der Waals surface area contributed by atoms with E-state index >= 15 is 0 Å². The Labute approximate surface area is 122 Å². The molecule has 0 unspecified atom stereocenters. The van der Waals surface area contributed by atoms with Gasteiger partial charge in [-0.2, -0.15) is 0 Å². The third-order valence-corrected chi connectivity index (χ3v) is 3.12. The lowest BCUT2D eigenvalue weighted by Crippen LogP contribution is -2.12. The van der Waals surface area contributed by atoms with Crippen molar-refractivity contribution in [3.63, 3.8) is 0 Å². The second kappa shape index (κ2) is 6.30. The molecule has 0 spiro atoms. The largest absolute Gasteiger partial charge is 0.496 e. The molecule has 0 aliphatic rings. The minimum absolute atomic E-state index is 0.00615. The summed E-state index contributed by atoms with van der Waals surface area (Å²) in [5.74, 6) is 1.29. The molecule has 0 aliphatic carbocycles. The summed E-state index contributed by atoms with van der Waals surface area (Å²) in [5, 5.41) is 8.02. The number of methoxy groups -OCH3 is 1. The number of rotatable bonds is 5. The molecule has 0 saturated heterocycles. The van der Waals surface area contributed by atoms with Gasteiger partial charge in [0.05, 0.1) is 12.1 Å². The van der Waals surface area contributed by atoms with Crippen LogP contribution in [0.4, 0.5) is 0 Å². The molecule has 0 amide bonds. The third kappa shape index (κ3) is 3.22. The van der Waals surface area contributed by atoms with Crippen LogP contribution in [0.2, 0.25) is 5.02 Å². The normalized spacial score (nSPS) is 10.1. The van der Waals surface area contributed by atoms with Crippen molar-refractivity contribution in [3.05, 3.63) is 58.6 Å². The molecule has 3 N–H and O–H groups in total. The van der Waals surface area contributed by atoms with Crippen molar-refractivity contribution in [2.75, 3.05) is 7.11 Å². The first-order valence-electron chi connectivity index (χ1n) is 6.00. The van der Waals surface area contributed by atoms with Crippen LogP contribution in [-0.4, -0.2) is 12.9 Å². The number of hydrogen-bond donors (Lipinski definition) is 2. The zero-order valence-corrected chi connectivity index (χ0v) is 11.8. The van der Waals surface area contributed by atoms with Crippen LogP contribution in [0.25, 0.3) is 0 Å². The standard InChI is InChI=1S/C15H15ClN2O2/c1-19-13-7-6-10(15(17)18)8-11(13)9-20-14-5-3-2-4-12(14)16/h2-8H,9H2,1H3,(H3,17,18). The number of hydrogen-bond acceptors (Lipinski definition) is 3. The summed E-state index contributed by atoms with van der Waals surface area (Å²) in [4.78, 5) is 0. The van der Waals surface area contributed by atoms with E-state index < -0.39 is 0 Å². The van der Waals surface area contributed by atoms with E-state index in [1.54, 1.807) is 37.4 Å². The van der Waals surface area contributed by atoms with Gasteiger partial charge in [-0.1, -0.05) is 23.7 Å². The second-order valence-corrected chi connectivity index (χ2v) is 4.57. The summed E-state index contributed by atoms with van der Waals surface area (Å²) >= 11 is 6.04. The monoisotopic (exact) mass is 290 g/mol. The number of nitrogens with two attached hydrogens (primary N) is 1. The van der Waals surface area contributed by atoms with Crippen LogP contribution < -0.4 is 15.2 Å². The lowest BCUT2D eigenvalue weighted by molar-refractivity contribution is 0.297. The number of amidine groups is 1. The van der Waals surface area contributed by atoms with E-state index in [2.05, 4.69) is 0 Å². The topological polar surface area (TPSA) is 68.3 Å². The fourth-order valence-electron chi connectivity index (χ4n) is 1.78. The highest BCUT2D eigenvalue weighted by Crippen LogP contribution is 2.26. The molecule has 0 aliphatic heterocycles. The van der Waals surface area contributed by atoms with E-state index in [4.69, 9.17) is 32.2 Å². The van der Waals surface area contributed by atoms with Crippen molar-refractivity contribution in [1.29, 1.82) is 5.41 Å². The molecule has 0 aromatic heterocycles. The molecule has 0 saturated carbocycles. The molecule has 0 fully saturated rings. The summed E-state index contributed by atoms with van der Waals surface area (Å²) < 4.78 is 11.0. The first kappa shape index (κ1) is 14.2. The lowest BCUT2D eigenvalue weighted by atomic mass is 10.1. The molecule has 5 heteroatoms. The van der Waals surface area contributed by atoms with Crippen LogP contribution in [0.3, 0.4) is 0 Å². The van der Waals surface area contributed by atoms with Crippen molar-refractivity contribution >= 4 is 17.4 Å². The number of nitrogen functional groups attached to an aromatic ring is 1. The van der Waals surface area contributed by atoms with E-state index in [0.29, 0.717) is 22.1 Å². The average molecular weight is 291 g/mol. The molecule has 2 rings (SSSR count). The zero-order valence-electron chi connectivity index (χ0n) is 11.0. The predicted molar refractivity (Wildman–Crippen MR) is 79.8 cm³/mol. The van der Waals surface area contributed by atoms with Crippen LogP contribution in [0.15, 0.2) is 42.5 Å². The average Bonchev–Trinajstić information content (AvgIpc) is 2.46. The van der Waals surface area contributed by atoms with Crippen LogP contribution in [0.1, 0.15) is 11.1 Å². The number of nitrogens with one attached hydrogen (secondary N) is 1. The molecular weight excluding hydrogens is 276 g/mol. The van der Waals surface area contributed by atoms with Gasteiger partial charge in [0.25, 0.3) is 0 Å². The maximum Gasteiger partial charge on any atom is 0.138 e. The Bertz CT molecular complexity index is 629. The Morgan fingerprint density at radius 1 is 1.20 bits per heavy atom. The highest BCUT2D eigenvalue weighted by Gasteiger charge is 2.08. The van der Waals surface area contributed by atoms with Gasteiger partial charge in [0.2, 0.25) is 0 Å². The number of benzene rings is 2. The van der Waals surface area contributed by atoms with Gasteiger partial charge in [0.1, 0.15) is 23.9 Å². The van der Waals surface area contributed by atoms with E-state index in [1.165, 1.54) is 0 Å². The molecule has 0 atom stereocenters. The van der Waals surface area contributed by atoms with E-state index in [-0.39, 0.29) is 12.4 Å². The van der Waals surface area contributed by atoms with Crippen molar-refractivity contribution in [2.24, 2.45) is 5.73 Å². The molecule has 4 nitrogen and oxygen atoms in total. The summed E-state index contributed by atoms with van der Waals surface area (Å²) in [6.07, 6.45) is 0. The lowest BCUT2D eigenvalue weighted by Gasteiger charge is -2.12. The SMILES string of the molecule is COc1ccc(C(=N)N)cc1COc1ccccc1Cl. The quantitative estimate of drug-likeness (QED) is 0.656. The van der Waals surface area contributed by atoms with Gasteiger partial charge < -0.3 is 15.2 Å². The van der Waals surface area contributed by atoms with E-state index in [9.17, 15) is 0 Å². The van der Waals surface area contributed by atoms with Gasteiger partial charge in [-0.3, -0.25) is 5.41 Å². The van der Waals surface area contributed by atoms with Gasteiger partial charge in [-0.15, -0.1) is 0 Å². The molecule has 104 valence electrons. The number of para-hydroxylation sites is 1. The number of ether oxygens (including phenoxy) is 2.